The first kappa shape index (κ1) is 13.0. The number of nitrogens with one attached hydrogen (secondary N) is 1. The fourth-order valence-electron chi connectivity index (χ4n) is 1.80. The minimum absolute atomic E-state index is 0.229. The van der Waals surface area contributed by atoms with E-state index < -0.39 is 42.4 Å². The first-order valence-corrected chi connectivity index (χ1v) is 5.19. The molecular weight excluding hydrogens is 243 g/mol. The summed E-state index contributed by atoms with van der Waals surface area (Å²) in [6.45, 7) is -0.512. The van der Waals surface area contributed by atoms with Crippen molar-refractivity contribution in [1.82, 2.24) is 9.55 Å². The Bertz CT molecular complexity index is 555. The second-order valence-electron chi connectivity index (χ2n) is 3.98. The SMILES string of the molecule is [B]c1cn([C@H]2O[C@@H](CO)C(O)C2O)c(=O)[nH]c1=O. The van der Waals surface area contributed by atoms with Crippen LogP contribution >= 0.6 is 0 Å². The molecule has 2 heterocycles. The molecule has 1 aliphatic heterocycles. The van der Waals surface area contributed by atoms with Gasteiger partial charge in [0.1, 0.15) is 26.2 Å². The Morgan fingerprint density at radius 3 is 2.61 bits per heavy atom. The van der Waals surface area contributed by atoms with Gasteiger partial charge in [-0.1, -0.05) is 0 Å². The molecule has 0 amide bonds. The molecular formula is C9H11BN2O6. The van der Waals surface area contributed by atoms with Crippen LogP contribution < -0.4 is 16.7 Å². The van der Waals surface area contributed by atoms with Crippen molar-refractivity contribution in [2.75, 3.05) is 6.61 Å². The van der Waals surface area contributed by atoms with Gasteiger partial charge >= 0.3 is 5.69 Å². The summed E-state index contributed by atoms with van der Waals surface area (Å²) in [6, 6.07) is 0. The molecule has 18 heavy (non-hydrogen) atoms. The summed E-state index contributed by atoms with van der Waals surface area (Å²) < 4.78 is 5.99. The summed E-state index contributed by atoms with van der Waals surface area (Å²) >= 11 is 0. The van der Waals surface area contributed by atoms with Crippen molar-refractivity contribution in [2.24, 2.45) is 0 Å². The Morgan fingerprint density at radius 1 is 1.39 bits per heavy atom. The Kier molecular flexibility index (Phi) is 3.39. The first-order valence-electron chi connectivity index (χ1n) is 5.19. The number of aromatic nitrogens is 2. The van der Waals surface area contributed by atoms with Crippen LogP contribution in [0.5, 0.6) is 0 Å². The van der Waals surface area contributed by atoms with Crippen molar-refractivity contribution in [2.45, 2.75) is 24.5 Å². The number of H-pyrrole nitrogens is 1. The van der Waals surface area contributed by atoms with Gasteiger partial charge in [0.15, 0.2) is 6.23 Å². The van der Waals surface area contributed by atoms with Crippen LogP contribution in [-0.2, 0) is 4.74 Å². The maximum absolute atomic E-state index is 11.5. The lowest BCUT2D eigenvalue weighted by Gasteiger charge is -2.17. The van der Waals surface area contributed by atoms with Gasteiger partial charge in [0.25, 0.3) is 0 Å². The van der Waals surface area contributed by atoms with Gasteiger partial charge in [0.05, 0.1) is 6.61 Å². The average Bonchev–Trinajstić information content (AvgIpc) is 2.61. The van der Waals surface area contributed by atoms with Gasteiger partial charge < -0.3 is 20.1 Å². The van der Waals surface area contributed by atoms with E-state index in [1.54, 1.807) is 0 Å². The molecule has 1 aromatic rings. The summed E-state index contributed by atoms with van der Waals surface area (Å²) in [4.78, 5) is 24.6. The molecule has 0 saturated carbocycles. The average molecular weight is 254 g/mol. The lowest BCUT2D eigenvalue weighted by atomic mass is 10.0. The van der Waals surface area contributed by atoms with Gasteiger partial charge in [-0.05, 0) is 5.46 Å². The zero-order valence-electron chi connectivity index (χ0n) is 9.18. The fourth-order valence-corrected chi connectivity index (χ4v) is 1.80. The van der Waals surface area contributed by atoms with Crippen molar-refractivity contribution in [3.05, 3.63) is 27.0 Å². The minimum Gasteiger partial charge on any atom is -0.394 e. The molecule has 9 heteroatoms. The predicted molar refractivity (Wildman–Crippen MR) is 59.7 cm³/mol. The Morgan fingerprint density at radius 2 is 2.06 bits per heavy atom. The number of aliphatic hydroxyl groups excluding tert-OH is 3. The molecule has 1 aliphatic rings. The van der Waals surface area contributed by atoms with E-state index in [2.05, 4.69) is 0 Å². The molecule has 0 aliphatic carbocycles. The Hall–Kier alpha value is -1.42. The third-order valence-electron chi connectivity index (χ3n) is 2.79. The van der Waals surface area contributed by atoms with E-state index in [1.807, 2.05) is 4.98 Å². The number of nitrogens with zero attached hydrogens (tertiary/aromatic N) is 1. The van der Waals surface area contributed by atoms with Crippen molar-refractivity contribution in [1.29, 1.82) is 0 Å². The Balaban J connectivity index is 2.42. The molecule has 1 saturated heterocycles. The third kappa shape index (κ3) is 2.01. The van der Waals surface area contributed by atoms with Gasteiger partial charge in [-0.3, -0.25) is 14.3 Å². The first-order chi connectivity index (χ1) is 8.45. The molecule has 0 aromatic carbocycles. The number of rotatable bonds is 2. The van der Waals surface area contributed by atoms with Crippen LogP contribution in [-0.4, -0.2) is 57.6 Å². The minimum atomic E-state index is -1.41. The van der Waals surface area contributed by atoms with Crippen LogP contribution in [0, 0.1) is 0 Å². The second kappa shape index (κ2) is 4.69. The maximum Gasteiger partial charge on any atom is 0.330 e. The summed E-state index contributed by atoms with van der Waals surface area (Å²) in [5.41, 5.74) is -1.81. The van der Waals surface area contributed by atoms with E-state index in [9.17, 15) is 19.8 Å². The highest BCUT2D eigenvalue weighted by Crippen LogP contribution is 2.27. The number of aromatic amines is 1. The molecule has 8 nitrogen and oxygen atoms in total. The second-order valence-corrected chi connectivity index (χ2v) is 3.98. The lowest BCUT2D eigenvalue weighted by Crippen LogP contribution is -2.43. The highest BCUT2D eigenvalue weighted by Gasteiger charge is 2.43. The van der Waals surface area contributed by atoms with E-state index in [4.69, 9.17) is 17.7 Å². The van der Waals surface area contributed by atoms with E-state index in [0.717, 1.165) is 10.8 Å². The number of hydrogen-bond acceptors (Lipinski definition) is 6. The van der Waals surface area contributed by atoms with E-state index in [-0.39, 0.29) is 5.46 Å². The van der Waals surface area contributed by atoms with Crippen LogP contribution in [0.2, 0.25) is 0 Å². The molecule has 96 valence electrons. The zero-order valence-corrected chi connectivity index (χ0v) is 9.18. The number of hydrogen-bond donors (Lipinski definition) is 4. The van der Waals surface area contributed by atoms with E-state index >= 15 is 0 Å². The fraction of sp³-hybridized carbons (Fsp3) is 0.556. The molecule has 1 aromatic heterocycles. The van der Waals surface area contributed by atoms with Crippen LogP contribution in [0.1, 0.15) is 6.23 Å². The van der Waals surface area contributed by atoms with E-state index in [1.165, 1.54) is 0 Å². The van der Waals surface area contributed by atoms with Gasteiger partial charge in [0.2, 0.25) is 5.56 Å². The third-order valence-corrected chi connectivity index (χ3v) is 2.79. The van der Waals surface area contributed by atoms with Crippen LogP contribution in [0.25, 0.3) is 0 Å². The van der Waals surface area contributed by atoms with Gasteiger partial charge in [-0.2, -0.15) is 0 Å². The van der Waals surface area contributed by atoms with Gasteiger partial charge in [0, 0.05) is 6.20 Å². The molecule has 4 N–H and O–H groups in total. The van der Waals surface area contributed by atoms with Crippen LogP contribution in [0.15, 0.2) is 15.8 Å². The lowest BCUT2D eigenvalue weighted by molar-refractivity contribution is -0.0549. The molecule has 2 unspecified atom stereocenters. The topological polar surface area (TPSA) is 125 Å². The summed E-state index contributed by atoms with van der Waals surface area (Å²) in [5.74, 6) is 0. The highest BCUT2D eigenvalue weighted by atomic mass is 16.6. The standard InChI is InChI=1S/C9H11BN2O6/c10-3-1-12(9(17)11-7(3)16)8-6(15)5(14)4(2-13)18-8/h1,4-6,8,13-15H,2H2,(H,11,16,17)/t4-,5?,6?,8-/m0/s1. The maximum atomic E-state index is 11.5. The van der Waals surface area contributed by atoms with Gasteiger partial charge in [-0.15, -0.1) is 0 Å². The summed E-state index contributed by atoms with van der Waals surface area (Å²) in [6.07, 6.45) is -3.96. The Labute approximate surface area is 102 Å². The predicted octanol–water partition coefficient (Wildman–Crippen LogP) is -4.06. The normalized spacial score (nSPS) is 31.7. The van der Waals surface area contributed by atoms with Crippen molar-refractivity contribution in [3.63, 3.8) is 0 Å². The summed E-state index contributed by atoms with van der Waals surface area (Å²) in [5, 5.41) is 28.2. The zero-order chi connectivity index (χ0) is 13.4. The van der Waals surface area contributed by atoms with Crippen LogP contribution in [0.4, 0.5) is 0 Å². The van der Waals surface area contributed by atoms with E-state index in [0.29, 0.717) is 0 Å². The molecule has 4 atom stereocenters. The largest absolute Gasteiger partial charge is 0.394 e. The van der Waals surface area contributed by atoms with Crippen molar-refractivity contribution < 1.29 is 20.1 Å². The monoisotopic (exact) mass is 254 g/mol. The van der Waals surface area contributed by atoms with Crippen molar-refractivity contribution in [3.8, 4) is 0 Å². The molecule has 2 radical (unpaired) electrons. The molecule has 0 spiro atoms. The number of aliphatic hydroxyl groups is 3. The van der Waals surface area contributed by atoms with Crippen molar-refractivity contribution >= 4 is 13.3 Å². The summed E-state index contributed by atoms with van der Waals surface area (Å²) in [7, 11) is 5.35. The number of ether oxygens (including phenoxy) is 1. The molecule has 2 rings (SSSR count). The molecule has 0 bridgehead atoms. The quantitative estimate of drug-likeness (QED) is 0.398. The highest BCUT2D eigenvalue weighted by molar-refractivity contribution is 6.31. The van der Waals surface area contributed by atoms with Gasteiger partial charge in [-0.25, -0.2) is 4.79 Å². The molecule has 1 fully saturated rings. The smallest absolute Gasteiger partial charge is 0.330 e. The van der Waals surface area contributed by atoms with Crippen LogP contribution in [0.3, 0.4) is 0 Å².